The first-order chi connectivity index (χ1) is 9.75. The molecule has 0 unspecified atom stereocenters. The van der Waals surface area contributed by atoms with Gasteiger partial charge in [0.25, 0.3) is 0 Å². The molecular formula is C15H21FN2O3. The number of amides is 2. The molecule has 1 aromatic carbocycles. The third-order valence-electron chi connectivity index (χ3n) is 3.17. The van der Waals surface area contributed by atoms with Crippen LogP contribution in [0.1, 0.15) is 25.8 Å². The van der Waals surface area contributed by atoms with Gasteiger partial charge in [0.15, 0.2) is 0 Å². The monoisotopic (exact) mass is 296 g/mol. The molecule has 116 valence electrons. The normalized spacial score (nSPS) is 11.1. The van der Waals surface area contributed by atoms with Gasteiger partial charge in [-0.25, -0.2) is 4.39 Å². The number of hydrogen-bond acceptors (Lipinski definition) is 3. The Labute approximate surface area is 123 Å². The second-order valence-corrected chi connectivity index (χ2v) is 5.73. The standard InChI is InChI=1S/C15H21FN2O3/c1-10-4-5-11(16)8-12(10)18-14(21)13(20)17-9-15(2,3)6-7-19/h4-5,8,19H,6-7,9H2,1-3H3,(H,17,20)(H,18,21). The molecule has 1 rings (SSSR count). The first-order valence-corrected chi connectivity index (χ1v) is 6.71. The molecule has 0 radical (unpaired) electrons. The molecule has 0 saturated heterocycles. The zero-order valence-corrected chi connectivity index (χ0v) is 12.5. The Hall–Kier alpha value is -1.95. The summed E-state index contributed by atoms with van der Waals surface area (Å²) in [6, 6.07) is 3.96. The number of anilines is 1. The van der Waals surface area contributed by atoms with E-state index in [2.05, 4.69) is 10.6 Å². The van der Waals surface area contributed by atoms with Crippen molar-refractivity contribution in [1.82, 2.24) is 5.32 Å². The Morgan fingerprint density at radius 3 is 2.57 bits per heavy atom. The van der Waals surface area contributed by atoms with Crippen LogP contribution in [0.15, 0.2) is 18.2 Å². The summed E-state index contributed by atoms with van der Waals surface area (Å²) in [7, 11) is 0. The van der Waals surface area contributed by atoms with Gasteiger partial charge in [-0.05, 0) is 36.5 Å². The molecule has 6 heteroatoms. The van der Waals surface area contributed by atoms with E-state index >= 15 is 0 Å². The summed E-state index contributed by atoms with van der Waals surface area (Å²) in [5.41, 5.74) is 0.627. The second kappa shape index (κ2) is 7.17. The number of aliphatic hydroxyl groups excluding tert-OH is 1. The number of carbonyl (C=O) groups is 2. The van der Waals surface area contributed by atoms with Gasteiger partial charge in [-0.2, -0.15) is 0 Å². The van der Waals surface area contributed by atoms with Crippen LogP contribution in [-0.2, 0) is 9.59 Å². The Bertz CT molecular complexity index is 530. The van der Waals surface area contributed by atoms with Crippen molar-refractivity contribution in [3.05, 3.63) is 29.6 Å². The summed E-state index contributed by atoms with van der Waals surface area (Å²) in [4.78, 5) is 23.5. The number of aliphatic hydroxyl groups is 1. The van der Waals surface area contributed by atoms with Crippen molar-refractivity contribution in [2.75, 3.05) is 18.5 Å². The van der Waals surface area contributed by atoms with E-state index in [4.69, 9.17) is 5.11 Å². The molecule has 0 aliphatic rings. The number of aryl methyl sites for hydroxylation is 1. The first-order valence-electron chi connectivity index (χ1n) is 6.71. The lowest BCUT2D eigenvalue weighted by Gasteiger charge is -2.23. The van der Waals surface area contributed by atoms with Gasteiger partial charge >= 0.3 is 11.8 Å². The van der Waals surface area contributed by atoms with Crippen LogP contribution in [0.2, 0.25) is 0 Å². The molecule has 2 amide bonds. The number of halogens is 1. The van der Waals surface area contributed by atoms with Gasteiger partial charge in [0.05, 0.1) is 0 Å². The van der Waals surface area contributed by atoms with E-state index in [0.29, 0.717) is 12.0 Å². The number of carbonyl (C=O) groups excluding carboxylic acids is 2. The topological polar surface area (TPSA) is 78.4 Å². The highest BCUT2D eigenvalue weighted by molar-refractivity contribution is 6.39. The van der Waals surface area contributed by atoms with E-state index in [1.165, 1.54) is 12.1 Å². The fourth-order valence-electron chi connectivity index (χ4n) is 1.70. The van der Waals surface area contributed by atoms with Crippen molar-refractivity contribution in [3.8, 4) is 0 Å². The third-order valence-corrected chi connectivity index (χ3v) is 3.17. The van der Waals surface area contributed by atoms with Gasteiger partial charge in [0.2, 0.25) is 0 Å². The molecule has 0 spiro atoms. The van der Waals surface area contributed by atoms with Gasteiger partial charge in [-0.3, -0.25) is 9.59 Å². The molecule has 0 atom stereocenters. The maximum atomic E-state index is 13.1. The zero-order valence-electron chi connectivity index (χ0n) is 12.5. The number of rotatable bonds is 5. The maximum absolute atomic E-state index is 13.1. The molecule has 3 N–H and O–H groups in total. The summed E-state index contributed by atoms with van der Waals surface area (Å²) in [5.74, 6) is -2.12. The van der Waals surface area contributed by atoms with Crippen LogP contribution >= 0.6 is 0 Å². The van der Waals surface area contributed by atoms with Gasteiger partial charge in [0.1, 0.15) is 5.82 Å². The zero-order chi connectivity index (χ0) is 16.0. The fraction of sp³-hybridized carbons (Fsp3) is 0.467. The lowest BCUT2D eigenvalue weighted by atomic mass is 9.90. The number of nitrogens with one attached hydrogen (secondary N) is 2. The summed E-state index contributed by atoms with van der Waals surface area (Å²) in [6.07, 6.45) is 0.512. The third kappa shape index (κ3) is 5.51. The molecule has 0 saturated carbocycles. The molecule has 0 aromatic heterocycles. The summed E-state index contributed by atoms with van der Waals surface area (Å²) >= 11 is 0. The summed E-state index contributed by atoms with van der Waals surface area (Å²) in [5, 5.41) is 13.8. The SMILES string of the molecule is Cc1ccc(F)cc1NC(=O)C(=O)NCC(C)(C)CCO. The molecule has 0 aliphatic heterocycles. The van der Waals surface area contributed by atoms with E-state index < -0.39 is 17.6 Å². The van der Waals surface area contributed by atoms with Gasteiger partial charge in [-0.15, -0.1) is 0 Å². The van der Waals surface area contributed by atoms with Crippen molar-refractivity contribution in [1.29, 1.82) is 0 Å². The van der Waals surface area contributed by atoms with E-state index in [0.717, 1.165) is 6.07 Å². The lowest BCUT2D eigenvalue weighted by Crippen LogP contribution is -2.40. The highest BCUT2D eigenvalue weighted by Gasteiger charge is 2.21. The quantitative estimate of drug-likeness (QED) is 0.722. The lowest BCUT2D eigenvalue weighted by molar-refractivity contribution is -0.136. The number of benzene rings is 1. The van der Waals surface area contributed by atoms with E-state index in [-0.39, 0.29) is 24.3 Å². The maximum Gasteiger partial charge on any atom is 0.313 e. The van der Waals surface area contributed by atoms with E-state index in [1.54, 1.807) is 6.92 Å². The van der Waals surface area contributed by atoms with Gasteiger partial charge in [-0.1, -0.05) is 19.9 Å². The molecule has 0 heterocycles. The molecule has 5 nitrogen and oxygen atoms in total. The van der Waals surface area contributed by atoms with Crippen LogP contribution in [0.5, 0.6) is 0 Å². The van der Waals surface area contributed by atoms with Crippen LogP contribution < -0.4 is 10.6 Å². The molecule has 0 aliphatic carbocycles. The smallest absolute Gasteiger partial charge is 0.313 e. The summed E-state index contributed by atoms with van der Waals surface area (Å²) < 4.78 is 13.1. The van der Waals surface area contributed by atoms with Crippen molar-refractivity contribution >= 4 is 17.5 Å². The molecular weight excluding hydrogens is 275 g/mol. The largest absolute Gasteiger partial charge is 0.396 e. The van der Waals surface area contributed by atoms with Crippen LogP contribution in [0.3, 0.4) is 0 Å². The van der Waals surface area contributed by atoms with Crippen LogP contribution in [0, 0.1) is 18.2 Å². The fourth-order valence-corrected chi connectivity index (χ4v) is 1.70. The van der Waals surface area contributed by atoms with Crippen molar-refractivity contribution in [3.63, 3.8) is 0 Å². The molecule has 0 fully saturated rings. The van der Waals surface area contributed by atoms with Crippen molar-refractivity contribution < 1.29 is 19.1 Å². The minimum Gasteiger partial charge on any atom is -0.396 e. The van der Waals surface area contributed by atoms with Crippen LogP contribution in [0.4, 0.5) is 10.1 Å². The molecule has 21 heavy (non-hydrogen) atoms. The average molecular weight is 296 g/mol. The van der Waals surface area contributed by atoms with Crippen molar-refractivity contribution in [2.45, 2.75) is 27.2 Å². The minimum absolute atomic E-state index is 0.0115. The predicted octanol–water partition coefficient (Wildman–Crippen LogP) is 1.60. The van der Waals surface area contributed by atoms with Gasteiger partial charge in [0, 0.05) is 18.8 Å². The number of hydrogen-bond donors (Lipinski definition) is 3. The highest BCUT2D eigenvalue weighted by Crippen LogP contribution is 2.18. The van der Waals surface area contributed by atoms with Crippen LogP contribution in [-0.4, -0.2) is 30.1 Å². The highest BCUT2D eigenvalue weighted by atomic mass is 19.1. The minimum atomic E-state index is -0.844. The first kappa shape index (κ1) is 17.1. The van der Waals surface area contributed by atoms with E-state index in [1.807, 2.05) is 13.8 Å². The Morgan fingerprint density at radius 2 is 1.95 bits per heavy atom. The van der Waals surface area contributed by atoms with E-state index in [9.17, 15) is 14.0 Å². The summed E-state index contributed by atoms with van der Waals surface area (Å²) in [6.45, 7) is 5.73. The van der Waals surface area contributed by atoms with Crippen LogP contribution in [0.25, 0.3) is 0 Å². The Kier molecular flexibility index (Phi) is 5.84. The Balaban J connectivity index is 2.59. The van der Waals surface area contributed by atoms with Gasteiger partial charge < -0.3 is 15.7 Å². The van der Waals surface area contributed by atoms with Crippen molar-refractivity contribution in [2.24, 2.45) is 5.41 Å². The molecule has 0 bridgehead atoms. The predicted molar refractivity (Wildman–Crippen MR) is 78.3 cm³/mol. The molecule has 1 aromatic rings. The Morgan fingerprint density at radius 1 is 1.29 bits per heavy atom. The average Bonchev–Trinajstić information content (AvgIpc) is 2.40. The second-order valence-electron chi connectivity index (χ2n) is 5.73.